The highest BCUT2D eigenvalue weighted by Gasteiger charge is 2.42. The van der Waals surface area contributed by atoms with Crippen molar-refractivity contribution < 1.29 is 8.78 Å². The van der Waals surface area contributed by atoms with Gasteiger partial charge < -0.3 is 5.73 Å². The van der Waals surface area contributed by atoms with E-state index in [4.69, 9.17) is 5.73 Å². The maximum atomic E-state index is 12.4. The Kier molecular flexibility index (Phi) is 1.90. The highest BCUT2D eigenvalue weighted by Crippen LogP contribution is 2.46. The molecular formula is C9H11F2N3. The lowest BCUT2D eigenvalue weighted by atomic mass is 10.1. The summed E-state index contributed by atoms with van der Waals surface area (Å²) in [5.41, 5.74) is 4.87. The number of hydrogen-bond donors (Lipinski definition) is 1. The van der Waals surface area contributed by atoms with Crippen molar-refractivity contribution in [3.05, 3.63) is 17.7 Å². The second-order valence-electron chi connectivity index (χ2n) is 3.90. The summed E-state index contributed by atoms with van der Waals surface area (Å²) in [6.45, 7) is 1.97. The minimum absolute atomic E-state index is 0.0343. The standard InChI is InChI=1S/C9H11F2N3/c1-9(2-3-9)8-13-4-5(12)6(14-8)7(10)11/h4,7H,2-3,12H2,1H3. The number of anilines is 1. The van der Waals surface area contributed by atoms with Crippen LogP contribution >= 0.6 is 0 Å². The fraction of sp³-hybridized carbons (Fsp3) is 0.556. The molecule has 0 saturated heterocycles. The van der Waals surface area contributed by atoms with Crippen molar-refractivity contribution in [2.24, 2.45) is 0 Å². The maximum absolute atomic E-state index is 12.4. The van der Waals surface area contributed by atoms with E-state index >= 15 is 0 Å². The summed E-state index contributed by atoms with van der Waals surface area (Å²) in [6, 6.07) is 0. The van der Waals surface area contributed by atoms with E-state index in [0.717, 1.165) is 12.8 Å². The molecule has 1 aromatic heterocycles. The molecule has 14 heavy (non-hydrogen) atoms. The molecule has 3 nitrogen and oxygen atoms in total. The van der Waals surface area contributed by atoms with Crippen LogP contribution in [0.3, 0.4) is 0 Å². The molecule has 0 spiro atoms. The van der Waals surface area contributed by atoms with Gasteiger partial charge in [-0.3, -0.25) is 0 Å². The van der Waals surface area contributed by atoms with E-state index in [0.29, 0.717) is 5.82 Å². The van der Waals surface area contributed by atoms with Crippen LogP contribution < -0.4 is 5.73 Å². The first-order valence-electron chi connectivity index (χ1n) is 4.44. The molecule has 1 aliphatic rings. The van der Waals surface area contributed by atoms with Gasteiger partial charge in [0.2, 0.25) is 0 Å². The van der Waals surface area contributed by atoms with E-state index in [-0.39, 0.29) is 16.8 Å². The Morgan fingerprint density at radius 2 is 2.14 bits per heavy atom. The maximum Gasteiger partial charge on any atom is 0.282 e. The van der Waals surface area contributed by atoms with Crippen LogP contribution in [0.2, 0.25) is 0 Å². The van der Waals surface area contributed by atoms with Gasteiger partial charge in [-0.15, -0.1) is 0 Å². The third kappa shape index (κ3) is 1.42. The summed E-state index contributed by atoms with van der Waals surface area (Å²) in [5.74, 6) is 0.488. The largest absolute Gasteiger partial charge is 0.396 e. The molecule has 1 fully saturated rings. The van der Waals surface area contributed by atoms with Gasteiger partial charge in [0.1, 0.15) is 11.5 Å². The molecule has 1 aromatic rings. The van der Waals surface area contributed by atoms with Gasteiger partial charge in [0, 0.05) is 5.41 Å². The zero-order valence-corrected chi connectivity index (χ0v) is 7.80. The van der Waals surface area contributed by atoms with Gasteiger partial charge in [-0.1, -0.05) is 6.92 Å². The Morgan fingerprint density at radius 3 is 2.64 bits per heavy atom. The van der Waals surface area contributed by atoms with Crippen LogP contribution in [0, 0.1) is 0 Å². The van der Waals surface area contributed by atoms with Crippen LogP contribution in [0.25, 0.3) is 0 Å². The highest BCUT2D eigenvalue weighted by atomic mass is 19.3. The molecule has 0 unspecified atom stereocenters. The summed E-state index contributed by atoms with van der Waals surface area (Å²) < 4.78 is 24.9. The number of halogens is 2. The van der Waals surface area contributed by atoms with Crippen LogP contribution in [0.15, 0.2) is 6.20 Å². The summed E-state index contributed by atoms with van der Waals surface area (Å²) >= 11 is 0. The van der Waals surface area contributed by atoms with E-state index in [9.17, 15) is 8.78 Å². The molecule has 0 amide bonds. The Labute approximate surface area is 80.4 Å². The SMILES string of the molecule is CC1(c2ncc(N)c(C(F)F)n2)CC1. The fourth-order valence-electron chi connectivity index (χ4n) is 1.28. The van der Waals surface area contributed by atoms with E-state index < -0.39 is 6.43 Å². The zero-order valence-electron chi connectivity index (χ0n) is 7.80. The van der Waals surface area contributed by atoms with Gasteiger partial charge in [0.05, 0.1) is 11.9 Å². The van der Waals surface area contributed by atoms with Crippen molar-refractivity contribution in [2.75, 3.05) is 5.73 Å². The van der Waals surface area contributed by atoms with Crippen LogP contribution in [0.5, 0.6) is 0 Å². The van der Waals surface area contributed by atoms with Gasteiger partial charge in [-0.05, 0) is 12.8 Å². The summed E-state index contributed by atoms with van der Waals surface area (Å²) in [7, 11) is 0. The molecule has 1 aliphatic carbocycles. The molecule has 76 valence electrons. The minimum atomic E-state index is -2.63. The van der Waals surface area contributed by atoms with Crippen LogP contribution in [0.4, 0.5) is 14.5 Å². The van der Waals surface area contributed by atoms with Crippen molar-refractivity contribution in [2.45, 2.75) is 31.6 Å². The molecule has 0 bridgehead atoms. The Morgan fingerprint density at radius 1 is 1.50 bits per heavy atom. The second kappa shape index (κ2) is 2.87. The summed E-state index contributed by atoms with van der Waals surface area (Å²) in [5, 5.41) is 0. The predicted molar refractivity (Wildman–Crippen MR) is 48.0 cm³/mol. The number of aromatic nitrogens is 2. The second-order valence-corrected chi connectivity index (χ2v) is 3.90. The molecular weight excluding hydrogens is 188 g/mol. The van der Waals surface area contributed by atoms with E-state index in [1.807, 2.05) is 6.92 Å². The lowest BCUT2D eigenvalue weighted by Gasteiger charge is -2.09. The molecule has 1 heterocycles. The van der Waals surface area contributed by atoms with Crippen molar-refractivity contribution in [3.63, 3.8) is 0 Å². The van der Waals surface area contributed by atoms with Crippen LogP contribution in [-0.2, 0) is 5.41 Å². The Balaban J connectivity index is 2.41. The average molecular weight is 199 g/mol. The smallest absolute Gasteiger partial charge is 0.282 e. The summed E-state index contributed by atoms with van der Waals surface area (Å²) in [4.78, 5) is 7.81. The first kappa shape index (κ1) is 9.30. The lowest BCUT2D eigenvalue weighted by Crippen LogP contribution is -2.10. The minimum Gasteiger partial charge on any atom is -0.396 e. The molecule has 2 rings (SSSR count). The highest BCUT2D eigenvalue weighted by molar-refractivity contribution is 5.41. The molecule has 5 heteroatoms. The number of hydrogen-bond acceptors (Lipinski definition) is 3. The lowest BCUT2D eigenvalue weighted by molar-refractivity contribution is 0.146. The van der Waals surface area contributed by atoms with Gasteiger partial charge in [0.15, 0.2) is 0 Å². The average Bonchev–Trinajstić information content (AvgIpc) is 2.85. The van der Waals surface area contributed by atoms with Crippen molar-refractivity contribution in [1.29, 1.82) is 0 Å². The monoisotopic (exact) mass is 199 g/mol. The van der Waals surface area contributed by atoms with Crippen molar-refractivity contribution in [3.8, 4) is 0 Å². The third-order valence-electron chi connectivity index (χ3n) is 2.59. The molecule has 1 saturated carbocycles. The number of alkyl halides is 2. The molecule has 0 radical (unpaired) electrons. The first-order chi connectivity index (χ1) is 6.53. The van der Waals surface area contributed by atoms with Gasteiger partial charge in [0.25, 0.3) is 6.43 Å². The van der Waals surface area contributed by atoms with E-state index in [1.165, 1.54) is 6.20 Å². The Bertz CT molecular complexity index is 361. The van der Waals surface area contributed by atoms with Gasteiger partial charge in [-0.25, -0.2) is 18.7 Å². The molecule has 0 aromatic carbocycles. The summed E-state index contributed by atoms with van der Waals surface area (Å²) in [6.07, 6.45) is 0.561. The topological polar surface area (TPSA) is 51.8 Å². The quantitative estimate of drug-likeness (QED) is 0.793. The molecule has 2 N–H and O–H groups in total. The zero-order chi connectivity index (χ0) is 10.3. The number of nitrogens with zero attached hydrogens (tertiary/aromatic N) is 2. The Hall–Kier alpha value is -1.26. The number of nitrogen functional groups attached to an aromatic ring is 1. The van der Waals surface area contributed by atoms with E-state index in [1.54, 1.807) is 0 Å². The predicted octanol–water partition coefficient (Wildman–Crippen LogP) is 2.05. The molecule has 0 atom stereocenters. The van der Waals surface area contributed by atoms with Gasteiger partial charge >= 0.3 is 0 Å². The number of nitrogens with two attached hydrogens (primary N) is 1. The van der Waals surface area contributed by atoms with Gasteiger partial charge in [-0.2, -0.15) is 0 Å². The fourth-order valence-corrected chi connectivity index (χ4v) is 1.28. The third-order valence-corrected chi connectivity index (χ3v) is 2.59. The number of rotatable bonds is 2. The van der Waals surface area contributed by atoms with Crippen molar-refractivity contribution >= 4 is 5.69 Å². The molecule has 0 aliphatic heterocycles. The first-order valence-corrected chi connectivity index (χ1v) is 4.44. The van der Waals surface area contributed by atoms with E-state index in [2.05, 4.69) is 9.97 Å². The van der Waals surface area contributed by atoms with Crippen LogP contribution in [-0.4, -0.2) is 9.97 Å². The van der Waals surface area contributed by atoms with Crippen molar-refractivity contribution in [1.82, 2.24) is 9.97 Å². The normalized spacial score (nSPS) is 18.6. The van der Waals surface area contributed by atoms with Crippen LogP contribution in [0.1, 0.15) is 37.7 Å².